The Hall–Kier alpha value is -2.73. The second-order valence-electron chi connectivity index (χ2n) is 5.08. The lowest BCUT2D eigenvalue weighted by Gasteiger charge is -2.34. The molecule has 0 saturated carbocycles. The van der Waals surface area contributed by atoms with E-state index in [-0.39, 0.29) is 0 Å². The molecule has 1 atom stereocenters. The number of aromatic nitrogens is 2. The molecular formula is C15H15F3N4O4S. The van der Waals surface area contributed by atoms with Crippen molar-refractivity contribution in [2.45, 2.75) is 23.7 Å². The predicted molar refractivity (Wildman–Crippen MR) is 87.8 cm³/mol. The zero-order valence-corrected chi connectivity index (χ0v) is 14.7. The summed E-state index contributed by atoms with van der Waals surface area (Å²) in [5.41, 5.74) is -3.83. The van der Waals surface area contributed by atoms with Crippen molar-refractivity contribution in [1.82, 2.24) is 14.7 Å². The number of esters is 1. The van der Waals surface area contributed by atoms with Crippen LogP contribution in [0.15, 0.2) is 53.7 Å². The maximum absolute atomic E-state index is 13.9. The van der Waals surface area contributed by atoms with E-state index in [4.69, 9.17) is 0 Å². The van der Waals surface area contributed by atoms with E-state index in [2.05, 4.69) is 14.7 Å². The molecule has 0 amide bonds. The Bertz CT molecular complexity index is 879. The van der Waals surface area contributed by atoms with Crippen LogP contribution >= 0.6 is 0 Å². The van der Waals surface area contributed by atoms with Crippen molar-refractivity contribution >= 4 is 21.9 Å². The first-order valence-corrected chi connectivity index (χ1v) is 8.99. The Morgan fingerprint density at radius 2 is 1.70 bits per heavy atom. The summed E-state index contributed by atoms with van der Waals surface area (Å²) in [5.74, 6) is -2.52. The van der Waals surface area contributed by atoms with Gasteiger partial charge in [0.25, 0.3) is 0 Å². The molecule has 0 aliphatic carbocycles. The van der Waals surface area contributed by atoms with Crippen LogP contribution < -0.4 is 10.0 Å². The normalized spacial score (nSPS) is 14.2. The monoisotopic (exact) mass is 404 g/mol. The highest BCUT2D eigenvalue weighted by atomic mass is 32.2. The molecule has 0 radical (unpaired) electrons. The van der Waals surface area contributed by atoms with Gasteiger partial charge in [0.15, 0.2) is 0 Å². The van der Waals surface area contributed by atoms with E-state index in [0.29, 0.717) is 0 Å². The van der Waals surface area contributed by atoms with E-state index in [1.54, 1.807) is 5.32 Å². The van der Waals surface area contributed by atoms with E-state index in [9.17, 15) is 26.4 Å². The molecule has 27 heavy (non-hydrogen) atoms. The highest BCUT2D eigenvalue weighted by Gasteiger charge is 2.65. The van der Waals surface area contributed by atoms with E-state index in [1.807, 2.05) is 0 Å². The molecule has 1 aromatic carbocycles. The SMILES string of the molecule is CCOC(=O)[C@@](Nc1ncccn1)(NS(=O)(=O)c1ccccc1)C(F)(F)F. The number of anilines is 1. The first kappa shape index (κ1) is 20.6. The van der Waals surface area contributed by atoms with Crippen molar-refractivity contribution in [1.29, 1.82) is 0 Å². The summed E-state index contributed by atoms with van der Waals surface area (Å²) in [6.45, 7) is 0.866. The number of sulfonamides is 1. The molecule has 1 aromatic heterocycles. The van der Waals surface area contributed by atoms with Gasteiger partial charge in [-0.25, -0.2) is 23.2 Å². The molecule has 8 nitrogen and oxygen atoms in total. The first-order valence-electron chi connectivity index (χ1n) is 7.50. The second kappa shape index (κ2) is 7.88. The van der Waals surface area contributed by atoms with E-state index in [0.717, 1.165) is 24.5 Å². The Morgan fingerprint density at radius 1 is 1.11 bits per heavy atom. The number of ether oxygens (including phenoxy) is 1. The molecular weight excluding hydrogens is 389 g/mol. The molecule has 0 aliphatic heterocycles. The Morgan fingerprint density at radius 3 is 2.22 bits per heavy atom. The zero-order valence-electron chi connectivity index (χ0n) is 13.9. The molecule has 0 fully saturated rings. The van der Waals surface area contributed by atoms with Gasteiger partial charge in [-0.2, -0.15) is 17.9 Å². The fourth-order valence-electron chi connectivity index (χ4n) is 1.99. The van der Waals surface area contributed by atoms with Crippen LogP contribution in [-0.4, -0.2) is 42.8 Å². The number of benzene rings is 1. The number of carbonyl (C=O) groups is 1. The third kappa shape index (κ3) is 4.52. The maximum Gasteiger partial charge on any atom is 0.437 e. The van der Waals surface area contributed by atoms with Crippen LogP contribution in [0.25, 0.3) is 0 Å². The van der Waals surface area contributed by atoms with Gasteiger partial charge >= 0.3 is 17.8 Å². The topological polar surface area (TPSA) is 110 Å². The molecule has 0 unspecified atom stereocenters. The quantitative estimate of drug-likeness (QED) is 0.534. The van der Waals surface area contributed by atoms with Gasteiger partial charge in [0.2, 0.25) is 16.0 Å². The number of hydrogen-bond donors (Lipinski definition) is 2. The summed E-state index contributed by atoms with van der Waals surface area (Å²) in [5, 5.41) is 1.73. The molecule has 12 heteroatoms. The predicted octanol–water partition coefficient (Wildman–Crippen LogP) is 1.69. The second-order valence-corrected chi connectivity index (χ2v) is 6.77. The summed E-state index contributed by atoms with van der Waals surface area (Å²) in [6, 6.07) is 7.61. The fourth-order valence-corrected chi connectivity index (χ4v) is 3.28. The summed E-state index contributed by atoms with van der Waals surface area (Å²) in [4.78, 5) is 18.9. The van der Waals surface area contributed by atoms with Gasteiger partial charge in [0.05, 0.1) is 11.5 Å². The number of hydrogen-bond acceptors (Lipinski definition) is 7. The number of halogens is 3. The average Bonchev–Trinajstić information content (AvgIpc) is 2.62. The maximum atomic E-state index is 13.9. The van der Waals surface area contributed by atoms with Crippen molar-refractivity contribution in [3.63, 3.8) is 0 Å². The number of carbonyl (C=O) groups excluding carboxylic acids is 1. The largest absolute Gasteiger partial charge is 0.463 e. The summed E-state index contributed by atoms with van der Waals surface area (Å²) < 4.78 is 72.7. The van der Waals surface area contributed by atoms with Gasteiger partial charge in [-0.1, -0.05) is 18.2 Å². The van der Waals surface area contributed by atoms with Gasteiger partial charge < -0.3 is 10.1 Å². The van der Waals surface area contributed by atoms with Crippen LogP contribution in [0, 0.1) is 0 Å². The molecule has 0 spiro atoms. The molecule has 0 bridgehead atoms. The lowest BCUT2D eigenvalue weighted by Crippen LogP contribution is -2.69. The van der Waals surface area contributed by atoms with Crippen LogP contribution in [0.4, 0.5) is 19.1 Å². The van der Waals surface area contributed by atoms with Gasteiger partial charge in [-0.05, 0) is 25.1 Å². The van der Waals surface area contributed by atoms with Crippen LogP contribution in [0.2, 0.25) is 0 Å². The van der Waals surface area contributed by atoms with E-state index < -0.39 is 45.3 Å². The van der Waals surface area contributed by atoms with Crippen molar-refractivity contribution in [3.8, 4) is 0 Å². The lowest BCUT2D eigenvalue weighted by atomic mass is 10.1. The minimum Gasteiger partial charge on any atom is -0.463 e. The fraction of sp³-hybridized carbons (Fsp3) is 0.267. The standard InChI is InChI=1S/C15H15F3N4O4S/c1-2-26-12(23)14(15(16,17)18,21-13-19-9-6-10-20-13)22-27(24,25)11-7-4-3-5-8-11/h3-10,22H,2H2,1H3,(H,19,20,21)/t14-/m1/s1. The van der Waals surface area contributed by atoms with Gasteiger partial charge in [0, 0.05) is 12.4 Å². The minimum absolute atomic E-state index is 0.416. The highest BCUT2D eigenvalue weighted by molar-refractivity contribution is 7.89. The van der Waals surface area contributed by atoms with Crippen LogP contribution in [0.5, 0.6) is 0 Å². The van der Waals surface area contributed by atoms with Gasteiger partial charge in [-0.15, -0.1) is 0 Å². The summed E-state index contributed by atoms with van der Waals surface area (Å²) in [6.07, 6.45) is -3.19. The zero-order chi connectivity index (χ0) is 20.1. The van der Waals surface area contributed by atoms with Crippen LogP contribution in [-0.2, 0) is 19.6 Å². The number of nitrogens with one attached hydrogen (secondary N) is 2. The van der Waals surface area contributed by atoms with Crippen molar-refractivity contribution in [3.05, 3.63) is 48.8 Å². The van der Waals surface area contributed by atoms with Crippen molar-refractivity contribution < 1.29 is 31.1 Å². The minimum atomic E-state index is -5.43. The lowest BCUT2D eigenvalue weighted by molar-refractivity contribution is -0.203. The summed E-state index contributed by atoms with van der Waals surface area (Å²) in [7, 11) is -4.77. The number of alkyl halides is 3. The van der Waals surface area contributed by atoms with E-state index in [1.165, 1.54) is 35.9 Å². The molecule has 1 heterocycles. The number of nitrogens with zero attached hydrogens (tertiary/aromatic N) is 2. The molecule has 2 N–H and O–H groups in total. The van der Waals surface area contributed by atoms with E-state index >= 15 is 0 Å². The van der Waals surface area contributed by atoms with Gasteiger partial charge in [0.1, 0.15) is 0 Å². The molecule has 0 aliphatic rings. The highest BCUT2D eigenvalue weighted by Crippen LogP contribution is 2.33. The molecule has 2 rings (SSSR count). The Kier molecular flexibility index (Phi) is 6.01. The summed E-state index contributed by atoms with van der Waals surface area (Å²) >= 11 is 0. The molecule has 2 aromatic rings. The average molecular weight is 404 g/mol. The van der Waals surface area contributed by atoms with Crippen molar-refractivity contribution in [2.24, 2.45) is 0 Å². The van der Waals surface area contributed by atoms with Crippen LogP contribution in [0.3, 0.4) is 0 Å². The Balaban J connectivity index is 2.58. The molecule has 0 saturated heterocycles. The van der Waals surface area contributed by atoms with Gasteiger partial charge in [-0.3, -0.25) is 0 Å². The molecule has 146 valence electrons. The smallest absolute Gasteiger partial charge is 0.437 e. The van der Waals surface area contributed by atoms with Crippen molar-refractivity contribution in [2.75, 3.05) is 11.9 Å². The third-order valence-corrected chi connectivity index (χ3v) is 4.68. The third-order valence-electron chi connectivity index (χ3n) is 3.21. The Labute approximate surface area is 152 Å². The first-order chi connectivity index (χ1) is 12.6. The van der Waals surface area contributed by atoms with Crippen LogP contribution in [0.1, 0.15) is 6.92 Å². The number of rotatable bonds is 7.